The van der Waals surface area contributed by atoms with Gasteiger partial charge < -0.3 is 4.84 Å². The lowest BCUT2D eigenvalue weighted by molar-refractivity contribution is -0.792. The fourth-order valence-corrected chi connectivity index (χ4v) is 1.85. The highest BCUT2D eigenvalue weighted by molar-refractivity contribution is 4.87. The summed E-state index contributed by atoms with van der Waals surface area (Å²) in [5, 5.41) is 20.1. The molecule has 0 aromatic heterocycles. The SMILES string of the molecule is CC(C)(C)C([N+](=O)[O-])C(C)(C)O[N+](=O)[O-]. The van der Waals surface area contributed by atoms with Crippen LogP contribution in [-0.2, 0) is 4.84 Å². The molecule has 0 saturated carbocycles. The third-order valence-corrected chi connectivity index (χ3v) is 2.00. The molecular formula is C8H16N2O5. The van der Waals surface area contributed by atoms with Gasteiger partial charge >= 0.3 is 0 Å². The van der Waals surface area contributed by atoms with Gasteiger partial charge in [0.05, 0.1) is 0 Å². The molecule has 0 aromatic carbocycles. The zero-order chi connectivity index (χ0) is 12.4. The van der Waals surface area contributed by atoms with Gasteiger partial charge in [0, 0.05) is 10.3 Å². The van der Waals surface area contributed by atoms with Crippen molar-refractivity contribution in [3.05, 3.63) is 20.2 Å². The minimum Gasteiger partial charge on any atom is -0.301 e. The summed E-state index contributed by atoms with van der Waals surface area (Å²) in [5.41, 5.74) is -2.17. The van der Waals surface area contributed by atoms with Crippen molar-refractivity contribution in [1.29, 1.82) is 0 Å². The maximum atomic E-state index is 10.9. The van der Waals surface area contributed by atoms with Crippen LogP contribution in [0.2, 0.25) is 0 Å². The van der Waals surface area contributed by atoms with Gasteiger partial charge in [0.2, 0.25) is 6.04 Å². The molecule has 0 N–H and O–H groups in total. The molecule has 1 atom stereocenters. The summed E-state index contributed by atoms with van der Waals surface area (Å²) in [6, 6.07) is -1.16. The van der Waals surface area contributed by atoms with Crippen LogP contribution in [0.4, 0.5) is 0 Å². The van der Waals surface area contributed by atoms with Gasteiger partial charge in [-0.1, -0.05) is 20.8 Å². The van der Waals surface area contributed by atoms with Gasteiger partial charge in [0.1, 0.15) is 0 Å². The molecule has 0 aliphatic rings. The maximum Gasteiger partial charge on any atom is 0.295 e. The summed E-state index contributed by atoms with van der Waals surface area (Å²) in [6.07, 6.45) is 0. The first kappa shape index (κ1) is 13.6. The number of rotatable bonds is 4. The van der Waals surface area contributed by atoms with Crippen molar-refractivity contribution in [3.8, 4) is 0 Å². The lowest BCUT2D eigenvalue weighted by Crippen LogP contribution is -2.52. The van der Waals surface area contributed by atoms with Crippen LogP contribution in [0.1, 0.15) is 34.6 Å². The predicted molar refractivity (Wildman–Crippen MR) is 52.4 cm³/mol. The summed E-state index contributed by atoms with van der Waals surface area (Å²) in [7, 11) is 0. The van der Waals surface area contributed by atoms with Crippen LogP contribution < -0.4 is 0 Å². The van der Waals surface area contributed by atoms with E-state index in [1.54, 1.807) is 20.8 Å². The Hall–Kier alpha value is -1.40. The molecule has 0 heterocycles. The Morgan fingerprint density at radius 2 is 1.47 bits per heavy atom. The van der Waals surface area contributed by atoms with Crippen LogP contribution in [-0.4, -0.2) is 21.7 Å². The van der Waals surface area contributed by atoms with Crippen LogP contribution >= 0.6 is 0 Å². The highest BCUT2D eigenvalue weighted by Crippen LogP contribution is 2.32. The zero-order valence-corrected chi connectivity index (χ0v) is 9.51. The second kappa shape index (κ2) is 4.00. The van der Waals surface area contributed by atoms with E-state index in [1.807, 2.05) is 0 Å². The van der Waals surface area contributed by atoms with Crippen LogP contribution in [0.15, 0.2) is 0 Å². The largest absolute Gasteiger partial charge is 0.301 e. The van der Waals surface area contributed by atoms with Crippen molar-refractivity contribution in [2.24, 2.45) is 5.41 Å². The van der Waals surface area contributed by atoms with E-state index in [4.69, 9.17) is 0 Å². The standard InChI is InChI=1S/C8H16N2O5/c1-7(2,3)6(9(11)12)8(4,5)15-10(13)14/h6H,1-5H3. The Morgan fingerprint density at radius 1 is 1.07 bits per heavy atom. The maximum absolute atomic E-state index is 10.9. The molecule has 0 aromatic rings. The Bertz CT molecular complexity index is 269. The smallest absolute Gasteiger partial charge is 0.295 e. The summed E-state index contributed by atoms with van der Waals surface area (Å²) >= 11 is 0. The molecule has 0 radical (unpaired) electrons. The number of hydrogen-bond acceptors (Lipinski definition) is 5. The van der Waals surface area contributed by atoms with Gasteiger partial charge in [-0.15, -0.1) is 10.1 Å². The van der Waals surface area contributed by atoms with E-state index in [1.165, 1.54) is 13.8 Å². The van der Waals surface area contributed by atoms with Crippen LogP contribution in [0, 0.1) is 25.6 Å². The summed E-state index contributed by atoms with van der Waals surface area (Å²) in [4.78, 5) is 24.9. The molecule has 0 spiro atoms. The third-order valence-electron chi connectivity index (χ3n) is 2.00. The van der Waals surface area contributed by atoms with E-state index in [0.717, 1.165) is 0 Å². The molecule has 1 unspecified atom stereocenters. The van der Waals surface area contributed by atoms with Gasteiger partial charge in [-0.25, -0.2) is 0 Å². The molecule has 7 heteroatoms. The van der Waals surface area contributed by atoms with Gasteiger partial charge in [0.15, 0.2) is 5.60 Å². The molecule has 88 valence electrons. The molecule has 7 nitrogen and oxygen atoms in total. The Morgan fingerprint density at radius 3 is 1.67 bits per heavy atom. The van der Waals surface area contributed by atoms with E-state index in [-0.39, 0.29) is 0 Å². The second-order valence-electron chi connectivity index (χ2n) is 4.97. The minimum atomic E-state index is -1.45. The predicted octanol–water partition coefficient (Wildman–Crippen LogP) is 1.66. The lowest BCUT2D eigenvalue weighted by atomic mass is 9.78. The molecule has 0 aliphatic carbocycles. The van der Waals surface area contributed by atoms with Crippen LogP contribution in [0.25, 0.3) is 0 Å². The Labute approximate surface area is 87.7 Å². The average molecular weight is 220 g/mol. The number of hydrogen-bond donors (Lipinski definition) is 0. The van der Waals surface area contributed by atoms with E-state index >= 15 is 0 Å². The highest BCUT2D eigenvalue weighted by Gasteiger charge is 2.50. The first-order chi connectivity index (χ1) is 6.48. The molecule has 0 rings (SSSR count). The number of nitrogens with zero attached hydrogens (tertiary/aromatic N) is 2. The van der Waals surface area contributed by atoms with E-state index < -0.39 is 27.1 Å². The molecule has 0 fully saturated rings. The van der Waals surface area contributed by atoms with Gasteiger partial charge in [-0.2, -0.15) is 0 Å². The first-order valence-corrected chi connectivity index (χ1v) is 4.45. The second-order valence-corrected chi connectivity index (χ2v) is 4.97. The summed E-state index contributed by atoms with van der Waals surface area (Å²) in [6.45, 7) is 7.62. The van der Waals surface area contributed by atoms with E-state index in [0.29, 0.717) is 0 Å². The monoisotopic (exact) mass is 220 g/mol. The summed E-state index contributed by atoms with van der Waals surface area (Å²) < 4.78 is 0. The van der Waals surface area contributed by atoms with E-state index in [2.05, 4.69) is 4.84 Å². The molecule has 0 aliphatic heterocycles. The van der Waals surface area contributed by atoms with E-state index in [9.17, 15) is 20.2 Å². The van der Waals surface area contributed by atoms with Crippen molar-refractivity contribution < 1.29 is 14.8 Å². The summed E-state index contributed by atoms with van der Waals surface area (Å²) in [5.74, 6) is 0. The average Bonchev–Trinajstić information content (AvgIpc) is 1.74. The minimum absolute atomic E-state index is 0.538. The van der Waals surface area contributed by atoms with Crippen molar-refractivity contribution in [1.82, 2.24) is 0 Å². The fraction of sp³-hybridized carbons (Fsp3) is 1.00. The van der Waals surface area contributed by atoms with Crippen LogP contribution in [0.5, 0.6) is 0 Å². The normalized spacial score (nSPS) is 14.5. The Balaban J connectivity index is 5.08. The zero-order valence-electron chi connectivity index (χ0n) is 9.51. The van der Waals surface area contributed by atoms with Crippen molar-refractivity contribution in [2.75, 3.05) is 0 Å². The number of nitro groups is 1. The van der Waals surface area contributed by atoms with Gasteiger partial charge in [-0.3, -0.25) is 10.1 Å². The quantitative estimate of drug-likeness (QED) is 0.530. The van der Waals surface area contributed by atoms with Gasteiger partial charge in [0.25, 0.3) is 5.09 Å². The first-order valence-electron chi connectivity index (χ1n) is 4.45. The topological polar surface area (TPSA) is 95.5 Å². The molecule has 0 saturated heterocycles. The van der Waals surface area contributed by atoms with Gasteiger partial charge in [-0.05, 0) is 13.8 Å². The van der Waals surface area contributed by atoms with Crippen molar-refractivity contribution >= 4 is 0 Å². The molecule has 15 heavy (non-hydrogen) atoms. The molecule has 0 bridgehead atoms. The highest BCUT2D eigenvalue weighted by atomic mass is 17.0. The fourth-order valence-electron chi connectivity index (χ4n) is 1.85. The van der Waals surface area contributed by atoms with Crippen molar-refractivity contribution in [3.63, 3.8) is 0 Å². The van der Waals surface area contributed by atoms with Crippen molar-refractivity contribution in [2.45, 2.75) is 46.3 Å². The molecule has 0 amide bonds. The lowest BCUT2D eigenvalue weighted by Gasteiger charge is -2.33. The van der Waals surface area contributed by atoms with Crippen LogP contribution in [0.3, 0.4) is 0 Å². The third kappa shape index (κ3) is 3.69. The Kier molecular flexibility index (Phi) is 3.62. The molecular weight excluding hydrogens is 204 g/mol.